The number of aryl methyl sites for hydroxylation is 1. The fourth-order valence-corrected chi connectivity index (χ4v) is 3.18. The van der Waals surface area contributed by atoms with Gasteiger partial charge in [0.05, 0.1) is 0 Å². The van der Waals surface area contributed by atoms with Crippen molar-refractivity contribution in [1.29, 1.82) is 0 Å². The van der Waals surface area contributed by atoms with Gasteiger partial charge in [0, 0.05) is 16.2 Å². The van der Waals surface area contributed by atoms with Crippen molar-refractivity contribution in [3.8, 4) is 0 Å². The predicted molar refractivity (Wildman–Crippen MR) is 73.9 cm³/mol. The molecular weight excluding hydrogens is 214 g/mol. The Morgan fingerprint density at radius 2 is 1.88 bits per heavy atom. The molecule has 2 atom stereocenters. The van der Waals surface area contributed by atoms with Gasteiger partial charge in [0.2, 0.25) is 0 Å². The summed E-state index contributed by atoms with van der Waals surface area (Å²) in [6.07, 6.45) is 0. The molecular formula is C14H23NS. The lowest BCUT2D eigenvalue weighted by molar-refractivity contribution is 0.363. The van der Waals surface area contributed by atoms with Crippen molar-refractivity contribution in [2.75, 3.05) is 0 Å². The highest BCUT2D eigenvalue weighted by Crippen LogP contribution is 2.37. The van der Waals surface area contributed by atoms with Crippen LogP contribution in [0.5, 0.6) is 0 Å². The molecule has 1 aromatic carbocycles. The zero-order valence-electron chi connectivity index (χ0n) is 10.9. The van der Waals surface area contributed by atoms with Gasteiger partial charge in [-0.2, -0.15) is 0 Å². The number of thioether (sulfide) groups is 1. The van der Waals surface area contributed by atoms with Crippen LogP contribution in [0, 0.1) is 12.3 Å². The molecule has 1 aromatic rings. The molecule has 0 radical (unpaired) electrons. The van der Waals surface area contributed by atoms with Crippen molar-refractivity contribution in [2.45, 2.75) is 50.8 Å². The SMILES string of the molecule is Cc1cccc(SC(C(C)N)C(C)(C)C)c1. The molecule has 0 fully saturated rings. The maximum absolute atomic E-state index is 6.09. The van der Waals surface area contributed by atoms with E-state index in [1.807, 2.05) is 11.8 Å². The summed E-state index contributed by atoms with van der Waals surface area (Å²) in [4.78, 5) is 1.32. The zero-order valence-corrected chi connectivity index (χ0v) is 11.8. The number of hydrogen-bond donors (Lipinski definition) is 1. The van der Waals surface area contributed by atoms with Gasteiger partial charge in [-0.15, -0.1) is 11.8 Å². The Morgan fingerprint density at radius 1 is 1.25 bits per heavy atom. The first-order valence-electron chi connectivity index (χ1n) is 5.79. The van der Waals surface area contributed by atoms with Crippen LogP contribution >= 0.6 is 11.8 Å². The summed E-state index contributed by atoms with van der Waals surface area (Å²) in [6, 6.07) is 8.83. The lowest BCUT2D eigenvalue weighted by atomic mass is 9.88. The van der Waals surface area contributed by atoms with Gasteiger partial charge in [-0.3, -0.25) is 0 Å². The third-order valence-corrected chi connectivity index (χ3v) is 4.50. The summed E-state index contributed by atoms with van der Waals surface area (Å²) in [5, 5.41) is 0.439. The fourth-order valence-electron chi connectivity index (χ4n) is 1.91. The Kier molecular flexibility index (Phi) is 4.45. The number of rotatable bonds is 3. The average Bonchev–Trinajstić information content (AvgIpc) is 2.12. The minimum Gasteiger partial charge on any atom is -0.327 e. The molecule has 1 nitrogen and oxygen atoms in total. The molecule has 2 N–H and O–H groups in total. The lowest BCUT2D eigenvalue weighted by Crippen LogP contribution is -2.38. The number of hydrogen-bond acceptors (Lipinski definition) is 2. The minimum atomic E-state index is 0.200. The lowest BCUT2D eigenvalue weighted by Gasteiger charge is -2.33. The molecule has 0 aliphatic carbocycles. The van der Waals surface area contributed by atoms with E-state index in [0.29, 0.717) is 5.25 Å². The van der Waals surface area contributed by atoms with Gasteiger partial charge in [-0.1, -0.05) is 38.5 Å². The second-order valence-electron chi connectivity index (χ2n) is 5.58. The second kappa shape index (κ2) is 5.24. The number of nitrogens with two attached hydrogens (primary N) is 1. The third-order valence-electron chi connectivity index (χ3n) is 2.58. The highest BCUT2D eigenvalue weighted by Gasteiger charge is 2.28. The predicted octanol–water partition coefficient (Wildman–Crippen LogP) is 3.85. The van der Waals surface area contributed by atoms with E-state index in [4.69, 9.17) is 5.73 Å². The first-order chi connectivity index (χ1) is 7.30. The Morgan fingerprint density at radius 3 is 2.31 bits per heavy atom. The molecule has 0 bridgehead atoms. The van der Waals surface area contributed by atoms with Crippen LogP contribution in [-0.2, 0) is 0 Å². The Hall–Kier alpha value is -0.470. The van der Waals surface area contributed by atoms with Gasteiger partial charge in [0.1, 0.15) is 0 Å². The van der Waals surface area contributed by atoms with Crippen molar-refractivity contribution in [3.63, 3.8) is 0 Å². The van der Waals surface area contributed by atoms with Crippen LogP contribution in [-0.4, -0.2) is 11.3 Å². The van der Waals surface area contributed by atoms with E-state index in [-0.39, 0.29) is 11.5 Å². The van der Waals surface area contributed by atoms with Crippen molar-refractivity contribution in [1.82, 2.24) is 0 Å². The van der Waals surface area contributed by atoms with Gasteiger partial charge in [-0.25, -0.2) is 0 Å². The Labute approximate surface area is 104 Å². The third kappa shape index (κ3) is 3.84. The minimum absolute atomic E-state index is 0.200. The molecule has 0 saturated carbocycles. The molecule has 16 heavy (non-hydrogen) atoms. The van der Waals surface area contributed by atoms with Crippen molar-refractivity contribution in [2.24, 2.45) is 11.1 Å². The first kappa shape index (κ1) is 13.6. The zero-order chi connectivity index (χ0) is 12.3. The molecule has 0 amide bonds. The number of benzene rings is 1. The van der Waals surface area contributed by atoms with Gasteiger partial charge in [-0.05, 0) is 31.4 Å². The molecule has 2 unspecified atom stereocenters. The fraction of sp³-hybridized carbons (Fsp3) is 0.571. The van der Waals surface area contributed by atoms with Crippen molar-refractivity contribution in [3.05, 3.63) is 29.8 Å². The second-order valence-corrected chi connectivity index (χ2v) is 6.80. The van der Waals surface area contributed by atoms with E-state index in [1.165, 1.54) is 10.5 Å². The molecule has 0 heterocycles. The van der Waals surface area contributed by atoms with Gasteiger partial charge in [0.15, 0.2) is 0 Å². The maximum Gasteiger partial charge on any atom is 0.0291 e. The van der Waals surface area contributed by atoms with E-state index < -0.39 is 0 Å². The van der Waals surface area contributed by atoms with E-state index >= 15 is 0 Å². The Balaban J connectivity index is 2.84. The van der Waals surface area contributed by atoms with Crippen LogP contribution in [0.3, 0.4) is 0 Å². The maximum atomic E-state index is 6.09. The summed E-state index contributed by atoms with van der Waals surface area (Å²) < 4.78 is 0. The molecule has 0 saturated heterocycles. The monoisotopic (exact) mass is 237 g/mol. The first-order valence-corrected chi connectivity index (χ1v) is 6.67. The summed E-state index contributed by atoms with van der Waals surface area (Å²) in [6.45, 7) is 11.0. The van der Waals surface area contributed by atoms with E-state index in [1.54, 1.807) is 0 Å². The molecule has 1 rings (SSSR count). The van der Waals surface area contributed by atoms with E-state index in [2.05, 4.69) is 58.9 Å². The van der Waals surface area contributed by atoms with Gasteiger partial charge < -0.3 is 5.73 Å². The van der Waals surface area contributed by atoms with Crippen LogP contribution in [0.15, 0.2) is 29.2 Å². The van der Waals surface area contributed by atoms with Crippen LogP contribution in [0.2, 0.25) is 0 Å². The molecule has 0 aromatic heterocycles. The van der Waals surface area contributed by atoms with Crippen LogP contribution in [0.4, 0.5) is 0 Å². The van der Waals surface area contributed by atoms with E-state index in [9.17, 15) is 0 Å². The quantitative estimate of drug-likeness (QED) is 0.808. The summed E-state index contributed by atoms with van der Waals surface area (Å²) in [5.74, 6) is 0. The largest absolute Gasteiger partial charge is 0.327 e. The topological polar surface area (TPSA) is 26.0 Å². The van der Waals surface area contributed by atoms with Crippen LogP contribution < -0.4 is 5.73 Å². The smallest absolute Gasteiger partial charge is 0.0291 e. The Bertz CT molecular complexity index is 339. The van der Waals surface area contributed by atoms with Crippen molar-refractivity contribution < 1.29 is 0 Å². The normalized spacial score (nSPS) is 15.9. The van der Waals surface area contributed by atoms with Crippen LogP contribution in [0.1, 0.15) is 33.3 Å². The van der Waals surface area contributed by atoms with Crippen LogP contribution in [0.25, 0.3) is 0 Å². The van der Waals surface area contributed by atoms with E-state index in [0.717, 1.165) is 0 Å². The highest BCUT2D eigenvalue weighted by atomic mass is 32.2. The molecule has 0 aliphatic rings. The highest BCUT2D eigenvalue weighted by molar-refractivity contribution is 8.00. The standard InChI is InChI=1S/C14H23NS/c1-10-7-6-8-12(9-10)16-13(11(2)15)14(3,4)5/h6-9,11,13H,15H2,1-5H3. The summed E-state index contributed by atoms with van der Waals surface area (Å²) >= 11 is 1.89. The summed E-state index contributed by atoms with van der Waals surface area (Å²) in [7, 11) is 0. The van der Waals surface area contributed by atoms with Gasteiger partial charge >= 0.3 is 0 Å². The van der Waals surface area contributed by atoms with Gasteiger partial charge in [0.25, 0.3) is 0 Å². The summed E-state index contributed by atoms with van der Waals surface area (Å²) in [5.41, 5.74) is 7.62. The molecule has 2 heteroatoms. The van der Waals surface area contributed by atoms with Crippen molar-refractivity contribution >= 4 is 11.8 Å². The molecule has 0 spiro atoms. The molecule has 0 aliphatic heterocycles. The molecule has 90 valence electrons. The average molecular weight is 237 g/mol.